The molecule has 1 saturated carbocycles. The van der Waals surface area contributed by atoms with Gasteiger partial charge in [0.2, 0.25) is 0 Å². The van der Waals surface area contributed by atoms with Crippen molar-refractivity contribution in [3.8, 4) is 0 Å². The Labute approximate surface area is 104 Å². The number of aromatic nitrogens is 1. The first-order valence-electron chi connectivity index (χ1n) is 6.71. The molecule has 0 spiro atoms. The highest BCUT2D eigenvalue weighted by molar-refractivity contribution is 5.44. The summed E-state index contributed by atoms with van der Waals surface area (Å²) in [5.41, 5.74) is 8.09. The van der Waals surface area contributed by atoms with E-state index in [4.69, 9.17) is 5.73 Å². The van der Waals surface area contributed by atoms with E-state index in [-0.39, 0.29) is 0 Å². The Balaban J connectivity index is 1.92. The van der Waals surface area contributed by atoms with Gasteiger partial charge in [0.05, 0.1) is 0 Å². The minimum Gasteiger partial charge on any atom is -0.398 e. The lowest BCUT2D eigenvalue weighted by molar-refractivity contribution is 0.287. The minimum absolute atomic E-state index is 0.705. The molecule has 0 aromatic carbocycles. The molecule has 1 aliphatic rings. The second-order valence-electron chi connectivity index (χ2n) is 5.07. The van der Waals surface area contributed by atoms with Crippen LogP contribution in [0.1, 0.15) is 38.2 Å². The van der Waals surface area contributed by atoms with Crippen LogP contribution in [-0.4, -0.2) is 17.6 Å². The van der Waals surface area contributed by atoms with Crippen LogP contribution in [0.4, 0.5) is 5.69 Å². The molecule has 1 aromatic heterocycles. The lowest BCUT2D eigenvalue weighted by atomic mass is 9.82. The maximum absolute atomic E-state index is 5.98. The average Bonchev–Trinajstić information content (AvgIpc) is 2.33. The Morgan fingerprint density at radius 1 is 1.47 bits per heavy atom. The van der Waals surface area contributed by atoms with Gasteiger partial charge in [0.15, 0.2) is 0 Å². The number of nitrogens with two attached hydrogens (primary N) is 1. The molecule has 2 atom stereocenters. The van der Waals surface area contributed by atoms with Gasteiger partial charge in [-0.25, -0.2) is 0 Å². The molecule has 3 heteroatoms. The summed E-state index contributed by atoms with van der Waals surface area (Å²) in [6.45, 7) is 3.26. The summed E-state index contributed by atoms with van der Waals surface area (Å²) in [5.74, 6) is 0.763. The highest BCUT2D eigenvalue weighted by Crippen LogP contribution is 2.28. The fourth-order valence-corrected chi connectivity index (χ4v) is 2.87. The molecule has 17 heavy (non-hydrogen) atoms. The smallest absolute Gasteiger partial charge is 0.0377 e. The van der Waals surface area contributed by atoms with E-state index in [1.165, 1.54) is 31.2 Å². The van der Waals surface area contributed by atoms with Crippen molar-refractivity contribution in [1.29, 1.82) is 0 Å². The van der Waals surface area contributed by atoms with Gasteiger partial charge in [-0.2, -0.15) is 0 Å². The molecule has 1 fully saturated rings. The van der Waals surface area contributed by atoms with Crippen LogP contribution in [-0.2, 0) is 6.42 Å². The lowest BCUT2D eigenvalue weighted by Crippen LogP contribution is -2.34. The maximum atomic E-state index is 5.98. The summed E-state index contributed by atoms with van der Waals surface area (Å²) in [4.78, 5) is 4.17. The number of nitrogens with zero attached hydrogens (tertiary/aromatic N) is 1. The van der Waals surface area contributed by atoms with Gasteiger partial charge < -0.3 is 11.1 Å². The first kappa shape index (κ1) is 12.4. The normalized spacial score (nSPS) is 24.8. The molecule has 1 heterocycles. The molecule has 94 valence electrons. The van der Waals surface area contributed by atoms with Crippen molar-refractivity contribution in [2.45, 2.75) is 45.1 Å². The molecule has 0 amide bonds. The second-order valence-corrected chi connectivity index (χ2v) is 5.07. The van der Waals surface area contributed by atoms with E-state index in [1.54, 1.807) is 6.20 Å². The van der Waals surface area contributed by atoms with Crippen molar-refractivity contribution in [3.63, 3.8) is 0 Å². The van der Waals surface area contributed by atoms with E-state index in [0.29, 0.717) is 6.04 Å². The Morgan fingerprint density at radius 2 is 2.35 bits per heavy atom. The predicted molar refractivity (Wildman–Crippen MR) is 71.8 cm³/mol. The van der Waals surface area contributed by atoms with Gasteiger partial charge in [-0.15, -0.1) is 0 Å². The molecule has 0 aliphatic heterocycles. The number of rotatable bonds is 4. The number of hydrogen-bond donors (Lipinski definition) is 2. The van der Waals surface area contributed by atoms with Crippen LogP contribution in [0.2, 0.25) is 0 Å². The van der Waals surface area contributed by atoms with Crippen LogP contribution in [0.5, 0.6) is 0 Å². The van der Waals surface area contributed by atoms with Gasteiger partial charge in [-0.1, -0.05) is 19.8 Å². The van der Waals surface area contributed by atoms with Crippen LogP contribution in [0, 0.1) is 5.92 Å². The van der Waals surface area contributed by atoms with E-state index in [1.807, 2.05) is 12.3 Å². The summed E-state index contributed by atoms with van der Waals surface area (Å²) in [6.07, 6.45) is 10.0. The first-order chi connectivity index (χ1) is 8.29. The third kappa shape index (κ3) is 3.43. The molecule has 0 radical (unpaired) electrons. The van der Waals surface area contributed by atoms with Crippen molar-refractivity contribution < 1.29 is 0 Å². The fourth-order valence-electron chi connectivity index (χ4n) is 2.87. The van der Waals surface area contributed by atoms with Crippen LogP contribution in [0.3, 0.4) is 0 Å². The first-order valence-corrected chi connectivity index (χ1v) is 6.71. The van der Waals surface area contributed by atoms with E-state index in [0.717, 1.165) is 24.6 Å². The maximum Gasteiger partial charge on any atom is 0.0377 e. The number of nitrogen functional groups attached to an aromatic ring is 1. The van der Waals surface area contributed by atoms with Gasteiger partial charge in [0.25, 0.3) is 0 Å². The lowest BCUT2D eigenvalue weighted by Gasteiger charge is -2.29. The average molecular weight is 233 g/mol. The van der Waals surface area contributed by atoms with E-state index in [2.05, 4.69) is 17.2 Å². The Bertz CT molecular complexity index is 349. The topological polar surface area (TPSA) is 50.9 Å². The number of nitrogens with one attached hydrogen (secondary N) is 1. The van der Waals surface area contributed by atoms with Gasteiger partial charge in [0.1, 0.15) is 0 Å². The fraction of sp³-hybridized carbons (Fsp3) is 0.643. The zero-order chi connectivity index (χ0) is 12.1. The zero-order valence-electron chi connectivity index (χ0n) is 10.7. The quantitative estimate of drug-likeness (QED) is 0.839. The van der Waals surface area contributed by atoms with Crippen molar-refractivity contribution in [1.82, 2.24) is 10.3 Å². The summed E-state index contributed by atoms with van der Waals surface area (Å²) in [7, 11) is 0. The van der Waals surface area contributed by atoms with Crippen molar-refractivity contribution in [2.24, 2.45) is 5.92 Å². The monoisotopic (exact) mass is 233 g/mol. The van der Waals surface area contributed by atoms with Gasteiger partial charge in [-0.05, 0) is 43.4 Å². The predicted octanol–water partition coefficient (Wildman–Crippen LogP) is 2.37. The van der Waals surface area contributed by atoms with Gasteiger partial charge >= 0.3 is 0 Å². The Hall–Kier alpha value is -1.09. The molecule has 2 unspecified atom stereocenters. The summed E-state index contributed by atoms with van der Waals surface area (Å²) < 4.78 is 0. The highest BCUT2D eigenvalue weighted by atomic mass is 14.9. The SMILES string of the molecule is CCNC1CCCC(Cc2cnccc2N)C1. The number of anilines is 1. The molecule has 3 nitrogen and oxygen atoms in total. The Morgan fingerprint density at radius 3 is 3.12 bits per heavy atom. The number of pyridine rings is 1. The molecule has 0 saturated heterocycles. The van der Waals surface area contributed by atoms with Crippen LogP contribution in [0.15, 0.2) is 18.5 Å². The van der Waals surface area contributed by atoms with Crippen molar-refractivity contribution >= 4 is 5.69 Å². The zero-order valence-corrected chi connectivity index (χ0v) is 10.7. The summed E-state index contributed by atoms with van der Waals surface area (Å²) >= 11 is 0. The second kappa shape index (κ2) is 6.01. The molecule has 0 bridgehead atoms. The molecular weight excluding hydrogens is 210 g/mol. The largest absolute Gasteiger partial charge is 0.398 e. The van der Waals surface area contributed by atoms with Crippen molar-refractivity contribution in [2.75, 3.05) is 12.3 Å². The third-order valence-electron chi connectivity index (χ3n) is 3.73. The van der Waals surface area contributed by atoms with Crippen LogP contribution < -0.4 is 11.1 Å². The minimum atomic E-state index is 0.705. The third-order valence-corrected chi connectivity index (χ3v) is 3.73. The van der Waals surface area contributed by atoms with Crippen LogP contribution in [0.25, 0.3) is 0 Å². The molecule has 1 aliphatic carbocycles. The molecule has 2 rings (SSSR count). The standard InChI is InChI=1S/C14H23N3/c1-2-17-13-5-3-4-11(9-13)8-12-10-16-7-6-14(12)15/h6-7,10-11,13,17H,2-5,8-9H2,1H3,(H2,15,16). The number of hydrogen-bond acceptors (Lipinski definition) is 3. The molecule has 3 N–H and O–H groups in total. The van der Waals surface area contributed by atoms with E-state index < -0.39 is 0 Å². The van der Waals surface area contributed by atoms with E-state index in [9.17, 15) is 0 Å². The highest BCUT2D eigenvalue weighted by Gasteiger charge is 2.21. The molecular formula is C14H23N3. The van der Waals surface area contributed by atoms with Crippen LogP contribution >= 0.6 is 0 Å². The van der Waals surface area contributed by atoms with Crippen molar-refractivity contribution in [3.05, 3.63) is 24.0 Å². The summed E-state index contributed by atoms with van der Waals surface area (Å²) in [6, 6.07) is 2.61. The summed E-state index contributed by atoms with van der Waals surface area (Å²) in [5, 5.41) is 3.57. The van der Waals surface area contributed by atoms with E-state index >= 15 is 0 Å². The van der Waals surface area contributed by atoms with Gasteiger partial charge in [0, 0.05) is 24.1 Å². The Kier molecular flexibility index (Phi) is 4.37. The van der Waals surface area contributed by atoms with Gasteiger partial charge in [-0.3, -0.25) is 4.98 Å². The molecule has 1 aromatic rings.